The summed E-state index contributed by atoms with van der Waals surface area (Å²) >= 11 is 5.86. The van der Waals surface area contributed by atoms with Crippen LogP contribution in [0.5, 0.6) is 0 Å². The van der Waals surface area contributed by atoms with Gasteiger partial charge in [-0.1, -0.05) is 42.4 Å². The molecule has 0 bridgehead atoms. The van der Waals surface area contributed by atoms with E-state index in [4.69, 9.17) is 11.6 Å². The van der Waals surface area contributed by atoms with Crippen LogP contribution in [0.25, 0.3) is 11.6 Å². The number of nitrogens with one attached hydrogen (secondary N) is 2. The number of hydrogen-bond donors (Lipinski definition) is 2. The molecule has 0 aromatic heterocycles. The molecule has 2 aromatic carbocycles. The van der Waals surface area contributed by atoms with Crippen LogP contribution in [0.2, 0.25) is 5.02 Å². The molecule has 0 aliphatic heterocycles. The molecule has 0 heterocycles. The predicted octanol–water partition coefficient (Wildman–Crippen LogP) is 3.74. The molecule has 0 aliphatic rings. The van der Waals surface area contributed by atoms with Gasteiger partial charge < -0.3 is 0 Å². The normalized spacial score (nSPS) is 10.9. The van der Waals surface area contributed by atoms with Gasteiger partial charge >= 0.3 is 0 Å². The Kier molecular flexibility index (Phi) is 6.08. The second kappa shape index (κ2) is 8.26. The Morgan fingerprint density at radius 2 is 1.56 bits per heavy atom. The Morgan fingerprint density at radius 1 is 1.00 bits per heavy atom. The fourth-order valence-electron chi connectivity index (χ4n) is 1.92. The molecule has 0 spiro atoms. The molecule has 2 N–H and O–H groups in total. The van der Waals surface area contributed by atoms with Crippen molar-refractivity contribution in [1.82, 2.24) is 10.9 Å². The number of amides is 2. The quantitative estimate of drug-likeness (QED) is 0.497. The zero-order chi connectivity index (χ0) is 18.4. The first-order chi connectivity index (χ1) is 11.9. The minimum atomic E-state index is -0.545. The Bertz CT molecular complexity index is 828. The summed E-state index contributed by atoms with van der Waals surface area (Å²) in [4.78, 5) is 24.0. The molecule has 0 saturated carbocycles. The summed E-state index contributed by atoms with van der Waals surface area (Å²) in [7, 11) is 0. The maximum atomic E-state index is 13.2. The van der Waals surface area contributed by atoms with Crippen LogP contribution in [0.4, 0.5) is 4.39 Å². The lowest BCUT2D eigenvalue weighted by Gasteiger charge is -2.11. The van der Waals surface area contributed by atoms with E-state index < -0.39 is 17.6 Å². The molecule has 4 nitrogen and oxygen atoms in total. The van der Waals surface area contributed by atoms with E-state index in [1.807, 2.05) is 0 Å². The second-order valence-corrected chi connectivity index (χ2v) is 5.74. The molecule has 0 fully saturated rings. The molecule has 2 aromatic rings. The summed E-state index contributed by atoms with van der Waals surface area (Å²) in [6, 6.07) is 12.3. The van der Waals surface area contributed by atoms with Crippen LogP contribution in [0.15, 0.2) is 60.7 Å². The van der Waals surface area contributed by atoms with Crippen molar-refractivity contribution in [1.29, 1.82) is 0 Å². The highest BCUT2D eigenvalue weighted by atomic mass is 35.5. The van der Waals surface area contributed by atoms with Crippen LogP contribution in [0.3, 0.4) is 0 Å². The van der Waals surface area contributed by atoms with Crippen molar-refractivity contribution in [2.24, 2.45) is 0 Å². The summed E-state index contributed by atoms with van der Waals surface area (Å²) in [5.41, 5.74) is 6.32. The Balaban J connectivity index is 2.33. The number of rotatable bonds is 4. The molecule has 6 heteroatoms. The van der Waals surface area contributed by atoms with Crippen LogP contribution in [0.1, 0.15) is 18.1 Å². The smallest absolute Gasteiger partial charge is 0.268 e. The van der Waals surface area contributed by atoms with Crippen LogP contribution < -0.4 is 10.9 Å². The fraction of sp³-hybridized carbons (Fsp3) is 0.0526. The van der Waals surface area contributed by atoms with Gasteiger partial charge in [0.1, 0.15) is 5.82 Å². The van der Waals surface area contributed by atoms with Crippen molar-refractivity contribution < 1.29 is 14.0 Å². The number of benzene rings is 2. The molecule has 0 radical (unpaired) electrons. The minimum absolute atomic E-state index is 0.254. The maximum absolute atomic E-state index is 13.2. The van der Waals surface area contributed by atoms with Crippen LogP contribution in [-0.4, -0.2) is 11.8 Å². The van der Waals surface area contributed by atoms with Gasteiger partial charge in [0.05, 0.1) is 0 Å². The minimum Gasteiger partial charge on any atom is -0.268 e. The topological polar surface area (TPSA) is 58.2 Å². The molecule has 128 valence electrons. The first kappa shape index (κ1) is 18.4. The number of halogens is 2. The molecule has 2 amide bonds. The summed E-state index contributed by atoms with van der Waals surface area (Å²) in [5, 5.41) is 0.568. The highest BCUT2D eigenvalue weighted by Gasteiger charge is 2.13. The molecular formula is C19H16ClFN2O2. The number of hydrogen-bond acceptors (Lipinski definition) is 2. The molecule has 25 heavy (non-hydrogen) atoms. The van der Waals surface area contributed by atoms with E-state index in [-0.39, 0.29) is 11.1 Å². The monoisotopic (exact) mass is 358 g/mol. The highest BCUT2D eigenvalue weighted by Crippen LogP contribution is 2.20. The maximum Gasteiger partial charge on any atom is 0.270 e. The van der Waals surface area contributed by atoms with Crippen molar-refractivity contribution in [3.05, 3.63) is 82.6 Å². The third kappa shape index (κ3) is 5.29. The van der Waals surface area contributed by atoms with E-state index in [0.29, 0.717) is 10.6 Å². The third-order valence-corrected chi connectivity index (χ3v) is 3.51. The van der Waals surface area contributed by atoms with Gasteiger partial charge in [-0.2, -0.15) is 0 Å². The van der Waals surface area contributed by atoms with E-state index in [1.165, 1.54) is 31.2 Å². The molecule has 2 rings (SSSR count). The van der Waals surface area contributed by atoms with E-state index in [2.05, 4.69) is 17.4 Å². The van der Waals surface area contributed by atoms with Gasteiger partial charge in [-0.15, -0.1) is 0 Å². The zero-order valence-corrected chi connectivity index (χ0v) is 14.2. The average Bonchev–Trinajstić information content (AvgIpc) is 2.59. The number of hydrazine groups is 1. The Labute approximate surface area is 150 Å². The molecular weight excluding hydrogens is 343 g/mol. The third-order valence-electron chi connectivity index (χ3n) is 3.26. The van der Waals surface area contributed by atoms with Crippen molar-refractivity contribution in [2.75, 3.05) is 0 Å². The van der Waals surface area contributed by atoms with Crippen molar-refractivity contribution in [3.8, 4) is 0 Å². The zero-order valence-electron chi connectivity index (χ0n) is 13.5. The summed E-state index contributed by atoms with van der Waals surface area (Å²) in [6.45, 7) is 5.01. The summed E-state index contributed by atoms with van der Waals surface area (Å²) in [6.07, 6.45) is 1.62. The summed E-state index contributed by atoms with van der Waals surface area (Å²) < 4.78 is 13.2. The molecule has 0 unspecified atom stereocenters. The predicted molar refractivity (Wildman–Crippen MR) is 96.8 cm³/mol. The number of carbonyl (C=O) groups excluding carboxylic acids is 2. The van der Waals surface area contributed by atoms with Gasteiger partial charge in [-0.25, -0.2) is 4.39 Å². The number of carbonyl (C=O) groups is 2. The van der Waals surface area contributed by atoms with Crippen LogP contribution in [0, 0.1) is 5.82 Å². The first-order valence-corrected chi connectivity index (χ1v) is 7.74. The van der Waals surface area contributed by atoms with Crippen LogP contribution >= 0.6 is 11.6 Å². The molecule has 0 atom stereocenters. The lowest BCUT2D eigenvalue weighted by molar-refractivity contribution is -0.123. The van der Waals surface area contributed by atoms with Gasteiger partial charge in [0.2, 0.25) is 0 Å². The lowest BCUT2D eigenvalue weighted by Crippen LogP contribution is -2.42. The van der Waals surface area contributed by atoms with Crippen LogP contribution in [-0.2, 0) is 9.59 Å². The summed E-state index contributed by atoms with van der Waals surface area (Å²) in [5.74, 6) is -1.46. The van der Waals surface area contributed by atoms with Gasteiger partial charge in [0.25, 0.3) is 11.8 Å². The van der Waals surface area contributed by atoms with E-state index >= 15 is 0 Å². The largest absolute Gasteiger partial charge is 0.270 e. The van der Waals surface area contributed by atoms with Gasteiger partial charge in [-0.05, 0) is 48.4 Å². The highest BCUT2D eigenvalue weighted by molar-refractivity contribution is 6.30. The first-order valence-electron chi connectivity index (χ1n) is 7.36. The Hall–Kier alpha value is -2.92. The molecule has 0 saturated heterocycles. The lowest BCUT2D eigenvalue weighted by atomic mass is 10.0. The van der Waals surface area contributed by atoms with Gasteiger partial charge in [-0.3, -0.25) is 20.4 Å². The van der Waals surface area contributed by atoms with Gasteiger partial charge in [0, 0.05) is 16.2 Å². The van der Waals surface area contributed by atoms with E-state index in [9.17, 15) is 14.0 Å². The second-order valence-electron chi connectivity index (χ2n) is 5.31. The van der Waals surface area contributed by atoms with Crippen molar-refractivity contribution in [2.45, 2.75) is 6.92 Å². The average molecular weight is 359 g/mol. The van der Waals surface area contributed by atoms with E-state index in [0.717, 1.165) is 5.56 Å². The van der Waals surface area contributed by atoms with Gasteiger partial charge in [0.15, 0.2) is 0 Å². The van der Waals surface area contributed by atoms with E-state index in [1.54, 1.807) is 30.3 Å². The Morgan fingerprint density at radius 3 is 2.12 bits per heavy atom. The molecule has 0 aliphatic carbocycles. The SMILES string of the molecule is C=C(C)C(=O)NNC(=O)/C(=C/c1ccc(Cl)cc1)c1ccc(F)cc1. The standard InChI is InChI=1S/C19H16ClFN2O2/c1-12(2)18(24)22-23-19(25)17(14-5-9-16(21)10-6-14)11-13-3-7-15(20)8-4-13/h3-11H,1H2,2H3,(H,22,24)(H,23,25)/b17-11+. The fourth-order valence-corrected chi connectivity index (χ4v) is 2.05. The van der Waals surface area contributed by atoms with Crippen molar-refractivity contribution >= 4 is 35.1 Å². The van der Waals surface area contributed by atoms with Crippen molar-refractivity contribution in [3.63, 3.8) is 0 Å².